The molecule has 1 amide bonds. The third-order valence-corrected chi connectivity index (χ3v) is 3.63. The van der Waals surface area contributed by atoms with Crippen molar-refractivity contribution < 1.29 is 9.90 Å². The number of hydrogen-bond acceptors (Lipinski definition) is 3. The Morgan fingerprint density at radius 3 is 2.74 bits per heavy atom. The lowest BCUT2D eigenvalue weighted by atomic mass is 9.95. The van der Waals surface area contributed by atoms with Crippen molar-refractivity contribution in [2.75, 3.05) is 18.8 Å². The number of carbonyl (C=O) groups excluding carboxylic acids is 1. The molecule has 4 nitrogen and oxygen atoms in total. The molecule has 0 bridgehead atoms. The van der Waals surface area contributed by atoms with Crippen LogP contribution in [-0.2, 0) is 11.2 Å². The minimum atomic E-state index is -0.727. The first-order chi connectivity index (χ1) is 8.96. The number of amides is 1. The first-order valence-electron chi connectivity index (χ1n) is 6.81. The van der Waals surface area contributed by atoms with Gasteiger partial charge in [0.05, 0.1) is 5.60 Å². The molecule has 0 aromatic heterocycles. The Kier molecular flexibility index (Phi) is 4.10. The fourth-order valence-corrected chi connectivity index (χ4v) is 2.53. The Bertz CT molecular complexity index is 440. The zero-order valence-electron chi connectivity index (χ0n) is 11.4. The maximum atomic E-state index is 12.1. The molecule has 4 heteroatoms. The molecule has 1 unspecified atom stereocenters. The van der Waals surface area contributed by atoms with Crippen LogP contribution in [-0.4, -0.2) is 34.6 Å². The summed E-state index contributed by atoms with van der Waals surface area (Å²) in [6.45, 7) is 3.01. The number of aryl methyl sites for hydroxylation is 1. The van der Waals surface area contributed by atoms with E-state index >= 15 is 0 Å². The lowest BCUT2D eigenvalue weighted by molar-refractivity contribution is -0.137. The molecule has 2 rings (SSSR count). The maximum Gasteiger partial charge on any atom is 0.222 e. The van der Waals surface area contributed by atoms with Crippen LogP contribution < -0.4 is 5.73 Å². The third kappa shape index (κ3) is 3.96. The van der Waals surface area contributed by atoms with E-state index in [0.717, 1.165) is 37.1 Å². The summed E-state index contributed by atoms with van der Waals surface area (Å²) in [4.78, 5) is 13.9. The van der Waals surface area contributed by atoms with E-state index < -0.39 is 5.60 Å². The Hall–Kier alpha value is -1.55. The van der Waals surface area contributed by atoms with E-state index in [4.69, 9.17) is 5.73 Å². The summed E-state index contributed by atoms with van der Waals surface area (Å²) in [5.41, 5.74) is 6.75. The van der Waals surface area contributed by atoms with Crippen molar-refractivity contribution in [1.82, 2.24) is 4.90 Å². The lowest BCUT2D eigenvalue weighted by Crippen LogP contribution is -2.48. The summed E-state index contributed by atoms with van der Waals surface area (Å²) in [6.07, 6.45) is 2.85. The Labute approximate surface area is 114 Å². The lowest BCUT2D eigenvalue weighted by Gasteiger charge is -2.36. The number of benzene rings is 1. The van der Waals surface area contributed by atoms with E-state index in [2.05, 4.69) is 0 Å². The van der Waals surface area contributed by atoms with Crippen LogP contribution in [0.5, 0.6) is 0 Å². The maximum absolute atomic E-state index is 12.1. The average Bonchev–Trinajstić information content (AvgIpc) is 2.36. The number of likely N-dealkylation sites (tertiary alicyclic amines) is 1. The summed E-state index contributed by atoms with van der Waals surface area (Å²) in [5, 5.41) is 10.0. The summed E-state index contributed by atoms with van der Waals surface area (Å²) in [6, 6.07) is 7.61. The van der Waals surface area contributed by atoms with Gasteiger partial charge in [0.1, 0.15) is 0 Å². The second kappa shape index (κ2) is 5.61. The van der Waals surface area contributed by atoms with Gasteiger partial charge in [0.15, 0.2) is 0 Å². The number of rotatable bonds is 3. The molecule has 0 aliphatic carbocycles. The number of nitrogens with zero attached hydrogens (tertiary/aromatic N) is 1. The zero-order chi connectivity index (χ0) is 13.9. The van der Waals surface area contributed by atoms with Gasteiger partial charge in [0, 0.05) is 25.2 Å². The van der Waals surface area contributed by atoms with Crippen molar-refractivity contribution in [1.29, 1.82) is 0 Å². The monoisotopic (exact) mass is 262 g/mol. The highest BCUT2D eigenvalue weighted by atomic mass is 16.3. The second-order valence-electron chi connectivity index (χ2n) is 5.66. The average molecular weight is 262 g/mol. The number of piperidine rings is 1. The number of anilines is 1. The standard InChI is InChI=1S/C15H22N2O2/c1-15(19)9-2-10-17(11-15)14(18)8-5-12-3-6-13(16)7-4-12/h3-4,6-7,19H,2,5,8-11,16H2,1H3. The first-order valence-corrected chi connectivity index (χ1v) is 6.81. The molecule has 1 aliphatic rings. The number of nitrogens with two attached hydrogens (primary N) is 1. The quantitative estimate of drug-likeness (QED) is 0.813. The van der Waals surface area contributed by atoms with Gasteiger partial charge in [-0.25, -0.2) is 0 Å². The predicted molar refractivity (Wildman–Crippen MR) is 75.6 cm³/mol. The fraction of sp³-hybridized carbons (Fsp3) is 0.533. The minimum absolute atomic E-state index is 0.122. The van der Waals surface area contributed by atoms with Gasteiger partial charge >= 0.3 is 0 Å². The van der Waals surface area contributed by atoms with E-state index in [1.807, 2.05) is 24.3 Å². The summed E-state index contributed by atoms with van der Waals surface area (Å²) in [7, 11) is 0. The van der Waals surface area contributed by atoms with Crippen LogP contribution in [0.25, 0.3) is 0 Å². The largest absolute Gasteiger partial charge is 0.399 e. The highest BCUT2D eigenvalue weighted by molar-refractivity contribution is 5.76. The van der Waals surface area contributed by atoms with Gasteiger partial charge in [-0.3, -0.25) is 4.79 Å². The van der Waals surface area contributed by atoms with Gasteiger partial charge in [-0.05, 0) is 43.9 Å². The van der Waals surface area contributed by atoms with Crippen molar-refractivity contribution in [2.45, 2.75) is 38.2 Å². The molecule has 3 N–H and O–H groups in total. The van der Waals surface area contributed by atoms with Crippen LogP contribution in [0.15, 0.2) is 24.3 Å². The number of β-amino-alcohol motifs (C(OH)–C–C–N with tert-alkyl or cyclic N) is 1. The molecule has 104 valence electrons. The SMILES string of the molecule is CC1(O)CCCN(C(=O)CCc2ccc(N)cc2)C1. The van der Waals surface area contributed by atoms with Crippen LogP contribution in [0.2, 0.25) is 0 Å². The van der Waals surface area contributed by atoms with Crippen molar-refractivity contribution in [3.05, 3.63) is 29.8 Å². The molecular formula is C15H22N2O2. The highest BCUT2D eigenvalue weighted by Crippen LogP contribution is 2.21. The van der Waals surface area contributed by atoms with Crippen LogP contribution in [0, 0.1) is 0 Å². The van der Waals surface area contributed by atoms with Crippen molar-refractivity contribution in [3.63, 3.8) is 0 Å². The molecule has 1 heterocycles. The second-order valence-corrected chi connectivity index (χ2v) is 5.66. The molecule has 1 aromatic carbocycles. The summed E-state index contributed by atoms with van der Waals surface area (Å²) >= 11 is 0. The van der Waals surface area contributed by atoms with E-state index in [9.17, 15) is 9.90 Å². The predicted octanol–water partition coefficient (Wildman–Crippen LogP) is 1.57. The van der Waals surface area contributed by atoms with Crippen molar-refractivity contribution in [3.8, 4) is 0 Å². The number of carbonyl (C=O) groups is 1. The first kappa shape index (κ1) is 13.9. The molecule has 19 heavy (non-hydrogen) atoms. The molecule has 1 aliphatic heterocycles. The fourth-order valence-electron chi connectivity index (χ4n) is 2.53. The van der Waals surface area contributed by atoms with Gasteiger partial charge in [-0.1, -0.05) is 12.1 Å². The van der Waals surface area contributed by atoms with E-state index in [-0.39, 0.29) is 5.91 Å². The Morgan fingerprint density at radius 1 is 1.42 bits per heavy atom. The molecule has 1 saturated heterocycles. The highest BCUT2D eigenvalue weighted by Gasteiger charge is 2.30. The van der Waals surface area contributed by atoms with Crippen LogP contribution in [0.3, 0.4) is 0 Å². The molecule has 1 fully saturated rings. The smallest absolute Gasteiger partial charge is 0.222 e. The summed E-state index contributed by atoms with van der Waals surface area (Å²) < 4.78 is 0. The van der Waals surface area contributed by atoms with E-state index in [1.54, 1.807) is 11.8 Å². The Balaban J connectivity index is 1.85. The molecule has 0 spiro atoms. The summed E-state index contributed by atoms with van der Waals surface area (Å²) in [5.74, 6) is 0.122. The van der Waals surface area contributed by atoms with Gasteiger partial charge < -0.3 is 15.7 Å². The number of nitrogen functional groups attached to an aromatic ring is 1. The number of hydrogen-bond donors (Lipinski definition) is 2. The topological polar surface area (TPSA) is 66.6 Å². The Morgan fingerprint density at radius 2 is 2.11 bits per heavy atom. The minimum Gasteiger partial charge on any atom is -0.399 e. The van der Waals surface area contributed by atoms with E-state index in [0.29, 0.717) is 13.0 Å². The normalized spacial score (nSPS) is 23.4. The van der Waals surface area contributed by atoms with Crippen LogP contribution >= 0.6 is 0 Å². The number of aliphatic hydroxyl groups is 1. The zero-order valence-corrected chi connectivity index (χ0v) is 11.4. The molecule has 0 saturated carbocycles. The van der Waals surface area contributed by atoms with Gasteiger partial charge in [0.2, 0.25) is 5.91 Å². The molecular weight excluding hydrogens is 240 g/mol. The molecule has 0 radical (unpaired) electrons. The van der Waals surface area contributed by atoms with Gasteiger partial charge in [-0.2, -0.15) is 0 Å². The van der Waals surface area contributed by atoms with E-state index in [1.165, 1.54) is 0 Å². The molecule has 1 atom stereocenters. The van der Waals surface area contributed by atoms with Crippen LogP contribution in [0.1, 0.15) is 31.7 Å². The van der Waals surface area contributed by atoms with Crippen molar-refractivity contribution >= 4 is 11.6 Å². The third-order valence-electron chi connectivity index (χ3n) is 3.63. The van der Waals surface area contributed by atoms with Crippen molar-refractivity contribution in [2.24, 2.45) is 0 Å². The molecule has 1 aromatic rings. The van der Waals surface area contributed by atoms with Gasteiger partial charge in [0.25, 0.3) is 0 Å². The van der Waals surface area contributed by atoms with Gasteiger partial charge in [-0.15, -0.1) is 0 Å². The van der Waals surface area contributed by atoms with Crippen LogP contribution in [0.4, 0.5) is 5.69 Å².